The van der Waals surface area contributed by atoms with E-state index in [0.29, 0.717) is 16.9 Å². The molecule has 6 heteroatoms. The van der Waals surface area contributed by atoms with E-state index in [2.05, 4.69) is 62.2 Å². The zero-order valence-electron chi connectivity index (χ0n) is 25.8. The Balaban J connectivity index is 1.28. The monoisotopic (exact) mass is 756 g/mol. The quantitative estimate of drug-likeness (QED) is 0.123. The highest BCUT2D eigenvalue weighted by Gasteiger charge is 2.57. The molecule has 8 rings (SSSR count). The lowest BCUT2D eigenvalue weighted by atomic mass is 9.68. The van der Waals surface area contributed by atoms with Crippen LogP contribution in [-0.2, 0) is 9.53 Å². The van der Waals surface area contributed by atoms with Gasteiger partial charge in [0.2, 0.25) is 0 Å². The average Bonchev–Trinajstić information content (AvgIpc) is 3.61. The van der Waals surface area contributed by atoms with Gasteiger partial charge in [0.05, 0.1) is 5.92 Å². The van der Waals surface area contributed by atoms with Crippen molar-refractivity contribution in [1.29, 1.82) is 0 Å². The van der Waals surface area contributed by atoms with Gasteiger partial charge in [0.15, 0.2) is 11.6 Å². The molecule has 1 heterocycles. The second-order valence-corrected chi connectivity index (χ2v) is 14.6. The molecular weight excluding hydrogens is 728 g/mol. The number of ketones is 2. The minimum Gasteiger partial charge on any atom is -0.426 e. The van der Waals surface area contributed by atoms with Crippen LogP contribution in [0.3, 0.4) is 0 Å². The number of hydrogen-bond donors (Lipinski definition) is 0. The number of esters is 1. The highest BCUT2D eigenvalue weighted by atomic mass is 79.9. The van der Waals surface area contributed by atoms with Crippen LogP contribution in [-0.4, -0.2) is 17.5 Å². The average molecular weight is 759 g/mol. The zero-order chi connectivity index (χ0) is 32.9. The van der Waals surface area contributed by atoms with Gasteiger partial charge in [-0.15, -0.1) is 0 Å². The van der Waals surface area contributed by atoms with E-state index in [1.807, 2.05) is 103 Å². The van der Waals surface area contributed by atoms with Gasteiger partial charge in [0.25, 0.3) is 0 Å². The highest BCUT2D eigenvalue weighted by Crippen LogP contribution is 2.63. The first-order chi connectivity index (χ1) is 23.4. The lowest BCUT2D eigenvalue weighted by Crippen LogP contribution is -2.34. The van der Waals surface area contributed by atoms with Crippen LogP contribution in [0.5, 0.6) is 0 Å². The van der Waals surface area contributed by atoms with Crippen LogP contribution in [0.4, 0.5) is 0 Å². The number of carbonyl (C=O) groups is 3. The fraction of sp³-hybridized carbons (Fsp3) is 0.167. The van der Waals surface area contributed by atoms with Crippen molar-refractivity contribution in [3.05, 3.63) is 181 Å². The number of fused-ring (bicyclic) bond motifs is 4. The third-order valence-corrected chi connectivity index (χ3v) is 11.4. The number of Topliss-reactive ketones (excluding diaryl/α,β-unsaturated/α-hetero) is 2. The molecular formula is C42H30Br2O4. The van der Waals surface area contributed by atoms with Crippen LogP contribution in [0.2, 0.25) is 0 Å². The molecule has 1 unspecified atom stereocenters. The first-order valence-electron chi connectivity index (χ1n) is 16.1. The van der Waals surface area contributed by atoms with Crippen LogP contribution in [0.25, 0.3) is 5.76 Å². The topological polar surface area (TPSA) is 60.4 Å². The van der Waals surface area contributed by atoms with E-state index in [9.17, 15) is 14.4 Å². The van der Waals surface area contributed by atoms with E-state index in [1.54, 1.807) is 0 Å². The maximum Gasteiger partial charge on any atom is 0.315 e. The Kier molecular flexibility index (Phi) is 8.10. The molecule has 0 spiro atoms. The van der Waals surface area contributed by atoms with Crippen molar-refractivity contribution >= 4 is 55.2 Å². The first-order valence-corrected chi connectivity index (χ1v) is 17.7. The van der Waals surface area contributed by atoms with Gasteiger partial charge >= 0.3 is 5.97 Å². The number of allylic oxidation sites excluding steroid dienone is 1. The van der Waals surface area contributed by atoms with E-state index < -0.39 is 11.8 Å². The summed E-state index contributed by atoms with van der Waals surface area (Å²) in [4.78, 5) is 43.1. The summed E-state index contributed by atoms with van der Waals surface area (Å²) in [5.41, 5.74) is 6.20. The maximum absolute atomic E-state index is 14.9. The number of hydrogen-bond acceptors (Lipinski definition) is 4. The molecule has 0 saturated carbocycles. The maximum atomic E-state index is 14.9. The Morgan fingerprint density at radius 2 is 1.12 bits per heavy atom. The third kappa shape index (κ3) is 5.32. The number of cyclic esters (lactones) is 1. The molecule has 0 fully saturated rings. The standard InChI is InChI=1S/C42H30Br2O4/c43-27-18-14-24(15-19-27)35(45)22-33-29-10-4-6-12-31(29)37(39(33)41(46)26-16-20-28(44)21-17-26)38-32-13-7-5-11-30(32)34-23-36(48-42(47)40(34)38)25-8-2-1-3-9-25/h1-21,23,33-34,37-40H,22H2/t33-,34+,37?,38-,39-,40+/m0/s1. The van der Waals surface area contributed by atoms with Crippen molar-refractivity contribution in [2.24, 2.45) is 11.8 Å². The largest absolute Gasteiger partial charge is 0.426 e. The van der Waals surface area contributed by atoms with E-state index in [-0.39, 0.29) is 47.6 Å². The van der Waals surface area contributed by atoms with Crippen molar-refractivity contribution < 1.29 is 19.1 Å². The Hall–Kier alpha value is -4.39. The molecule has 0 N–H and O–H groups in total. The van der Waals surface area contributed by atoms with Crippen molar-refractivity contribution in [2.75, 3.05) is 0 Å². The SMILES string of the molecule is O=C(C[C@H]1c2ccccc2C([C@@H]2c3ccccc3[C@H]3C=C(c4ccccc4)OC(=O)[C@H]32)[C@H]1C(=O)c1ccc(Br)cc1)c1ccc(Br)cc1. The summed E-state index contributed by atoms with van der Waals surface area (Å²) in [5, 5.41) is 0. The summed E-state index contributed by atoms with van der Waals surface area (Å²) in [6, 6.07) is 40.9. The molecule has 0 radical (unpaired) electrons. The number of carbonyl (C=O) groups excluding carboxylic acids is 3. The van der Waals surface area contributed by atoms with Crippen LogP contribution < -0.4 is 0 Å². The van der Waals surface area contributed by atoms with Crippen molar-refractivity contribution in [2.45, 2.75) is 30.1 Å². The molecule has 6 atom stereocenters. The smallest absolute Gasteiger partial charge is 0.315 e. The summed E-state index contributed by atoms with van der Waals surface area (Å²) in [6.07, 6.45) is 2.26. The van der Waals surface area contributed by atoms with Crippen molar-refractivity contribution in [3.8, 4) is 0 Å². The van der Waals surface area contributed by atoms with Gasteiger partial charge in [0.1, 0.15) is 5.76 Å². The summed E-state index contributed by atoms with van der Waals surface area (Å²) >= 11 is 6.98. The zero-order valence-corrected chi connectivity index (χ0v) is 28.9. The lowest BCUT2D eigenvalue weighted by molar-refractivity contribution is -0.143. The van der Waals surface area contributed by atoms with Crippen LogP contribution in [0.1, 0.15) is 78.6 Å². The van der Waals surface area contributed by atoms with E-state index in [0.717, 1.165) is 36.8 Å². The second-order valence-electron chi connectivity index (χ2n) is 12.8. The van der Waals surface area contributed by atoms with Crippen LogP contribution in [0.15, 0.2) is 142 Å². The van der Waals surface area contributed by atoms with Gasteiger partial charge in [-0.3, -0.25) is 14.4 Å². The van der Waals surface area contributed by atoms with Gasteiger partial charge in [0, 0.05) is 61.6 Å². The summed E-state index contributed by atoms with van der Waals surface area (Å²) in [7, 11) is 0. The van der Waals surface area contributed by atoms with Gasteiger partial charge in [-0.1, -0.05) is 135 Å². The molecule has 3 aliphatic rings. The van der Waals surface area contributed by atoms with E-state index in [4.69, 9.17) is 4.74 Å². The fourth-order valence-electron chi connectivity index (χ4n) is 8.31. The number of rotatable bonds is 7. The molecule has 0 amide bonds. The van der Waals surface area contributed by atoms with Crippen molar-refractivity contribution in [3.63, 3.8) is 0 Å². The number of benzene rings is 5. The number of halogens is 2. The first kappa shape index (κ1) is 30.9. The Morgan fingerprint density at radius 1 is 0.583 bits per heavy atom. The van der Waals surface area contributed by atoms with Crippen molar-refractivity contribution in [1.82, 2.24) is 0 Å². The summed E-state index contributed by atoms with van der Waals surface area (Å²) in [6.45, 7) is 0. The summed E-state index contributed by atoms with van der Waals surface area (Å²) in [5.74, 6) is -2.13. The lowest BCUT2D eigenvalue weighted by Gasteiger charge is -2.34. The predicted octanol–water partition coefficient (Wildman–Crippen LogP) is 10.3. The van der Waals surface area contributed by atoms with Crippen LogP contribution in [0, 0.1) is 11.8 Å². The molecule has 0 saturated heterocycles. The third-order valence-electron chi connectivity index (χ3n) is 10.3. The van der Waals surface area contributed by atoms with Gasteiger partial charge in [-0.25, -0.2) is 0 Å². The molecule has 5 aromatic rings. The second kappa shape index (κ2) is 12.6. The number of ether oxygens (including phenoxy) is 1. The van der Waals surface area contributed by atoms with Gasteiger partial charge < -0.3 is 4.74 Å². The molecule has 0 bridgehead atoms. The van der Waals surface area contributed by atoms with Gasteiger partial charge in [-0.05, 0) is 52.6 Å². The molecule has 48 heavy (non-hydrogen) atoms. The highest BCUT2D eigenvalue weighted by molar-refractivity contribution is 9.10. The minimum atomic E-state index is -0.577. The molecule has 5 aromatic carbocycles. The Bertz CT molecular complexity index is 2090. The van der Waals surface area contributed by atoms with Crippen LogP contribution >= 0.6 is 31.9 Å². The Labute approximate surface area is 296 Å². The normalized spacial score (nSPS) is 23.8. The molecule has 236 valence electrons. The minimum absolute atomic E-state index is 0.0197. The van der Waals surface area contributed by atoms with E-state index in [1.165, 1.54) is 0 Å². The molecule has 4 nitrogen and oxygen atoms in total. The molecule has 0 aromatic heterocycles. The fourth-order valence-corrected chi connectivity index (χ4v) is 8.84. The predicted molar refractivity (Wildman–Crippen MR) is 193 cm³/mol. The Morgan fingerprint density at radius 3 is 1.77 bits per heavy atom. The molecule has 1 aliphatic heterocycles. The summed E-state index contributed by atoms with van der Waals surface area (Å²) < 4.78 is 7.90. The molecule has 2 aliphatic carbocycles. The van der Waals surface area contributed by atoms with Gasteiger partial charge in [-0.2, -0.15) is 0 Å². The van der Waals surface area contributed by atoms with E-state index >= 15 is 0 Å².